The number of alkyl halides is 3. The van der Waals surface area contributed by atoms with Crippen molar-refractivity contribution in [2.24, 2.45) is 5.92 Å². The summed E-state index contributed by atoms with van der Waals surface area (Å²) >= 11 is 0. The van der Waals surface area contributed by atoms with Crippen LogP contribution in [0.5, 0.6) is 5.75 Å². The summed E-state index contributed by atoms with van der Waals surface area (Å²) in [6.07, 6.45) is -2.63. The molecule has 154 valence electrons. The molecule has 10 heteroatoms. The van der Waals surface area contributed by atoms with Crippen LogP contribution in [0.25, 0.3) is 0 Å². The van der Waals surface area contributed by atoms with Gasteiger partial charge in [0.2, 0.25) is 5.91 Å². The van der Waals surface area contributed by atoms with E-state index in [1.807, 2.05) is 0 Å². The van der Waals surface area contributed by atoms with E-state index < -0.39 is 29.9 Å². The van der Waals surface area contributed by atoms with E-state index in [2.05, 4.69) is 16.2 Å². The lowest BCUT2D eigenvalue weighted by Gasteiger charge is -2.38. The SMILES string of the molecule is O=C1NNCC(N2Cc3cc(F)c(OCC4CCCN4)cc3C2)C1C(F)(F)F. The van der Waals surface area contributed by atoms with Crippen LogP contribution >= 0.6 is 0 Å². The molecule has 0 aliphatic carbocycles. The van der Waals surface area contributed by atoms with Gasteiger partial charge < -0.3 is 10.1 Å². The first-order chi connectivity index (χ1) is 13.3. The van der Waals surface area contributed by atoms with Gasteiger partial charge in [-0.05, 0) is 42.6 Å². The van der Waals surface area contributed by atoms with E-state index in [9.17, 15) is 22.4 Å². The van der Waals surface area contributed by atoms with E-state index in [4.69, 9.17) is 4.74 Å². The smallest absolute Gasteiger partial charge is 0.402 e. The molecule has 3 aliphatic rings. The standard InChI is InChI=1S/C18H22F4N4O2/c19-13-4-10-7-26(14-6-24-25-17(27)16(14)18(20,21)22)8-11(10)5-15(13)28-9-12-2-1-3-23-12/h4-5,12,14,16,23-24H,1-3,6-9H2,(H,25,27). The fraction of sp³-hybridized carbons (Fsp3) is 0.611. The van der Waals surface area contributed by atoms with Gasteiger partial charge in [0, 0.05) is 31.7 Å². The Bertz CT molecular complexity index is 752. The fourth-order valence-electron chi connectivity index (χ4n) is 4.18. The summed E-state index contributed by atoms with van der Waals surface area (Å²) in [5.41, 5.74) is 5.92. The quantitative estimate of drug-likeness (QED) is 0.666. The number of hydrogen-bond donors (Lipinski definition) is 3. The van der Waals surface area contributed by atoms with Crippen LogP contribution in [0.1, 0.15) is 24.0 Å². The van der Waals surface area contributed by atoms with Gasteiger partial charge in [-0.1, -0.05) is 0 Å². The topological polar surface area (TPSA) is 65.6 Å². The highest BCUT2D eigenvalue weighted by molar-refractivity contribution is 5.80. The fourth-order valence-corrected chi connectivity index (χ4v) is 4.18. The number of carbonyl (C=O) groups is 1. The molecule has 3 unspecified atom stereocenters. The molecule has 0 radical (unpaired) electrons. The predicted octanol–water partition coefficient (Wildman–Crippen LogP) is 1.45. The Morgan fingerprint density at radius 1 is 1.21 bits per heavy atom. The van der Waals surface area contributed by atoms with Crippen LogP contribution in [-0.2, 0) is 17.9 Å². The summed E-state index contributed by atoms with van der Waals surface area (Å²) in [5, 5.41) is 3.26. The van der Waals surface area contributed by atoms with Crippen molar-refractivity contribution < 1.29 is 27.1 Å². The summed E-state index contributed by atoms with van der Waals surface area (Å²) < 4.78 is 60.2. The first kappa shape index (κ1) is 19.4. The van der Waals surface area contributed by atoms with Gasteiger partial charge in [0.1, 0.15) is 6.61 Å². The molecule has 0 bridgehead atoms. The number of halogens is 4. The largest absolute Gasteiger partial charge is 0.489 e. The Balaban J connectivity index is 1.48. The highest BCUT2D eigenvalue weighted by atomic mass is 19.4. The number of nitrogens with zero attached hydrogens (tertiary/aromatic N) is 1. The second-order valence-electron chi connectivity index (χ2n) is 7.52. The molecule has 0 spiro atoms. The molecule has 28 heavy (non-hydrogen) atoms. The van der Waals surface area contributed by atoms with Gasteiger partial charge in [0.25, 0.3) is 0 Å². The number of nitrogens with one attached hydrogen (secondary N) is 3. The maximum absolute atomic E-state index is 14.4. The highest BCUT2D eigenvalue weighted by Gasteiger charge is 2.53. The molecule has 1 aromatic carbocycles. The minimum absolute atomic E-state index is 0.0386. The number of hydrazine groups is 1. The summed E-state index contributed by atoms with van der Waals surface area (Å²) in [7, 11) is 0. The van der Waals surface area contributed by atoms with Crippen molar-refractivity contribution in [3.8, 4) is 5.75 Å². The molecule has 3 N–H and O–H groups in total. The average molecular weight is 402 g/mol. The number of rotatable bonds is 4. The van der Waals surface area contributed by atoms with Gasteiger partial charge in [0.15, 0.2) is 17.5 Å². The number of carbonyl (C=O) groups excluding carboxylic acids is 1. The second-order valence-corrected chi connectivity index (χ2v) is 7.52. The van der Waals surface area contributed by atoms with E-state index >= 15 is 0 Å². The molecular formula is C18H22F4N4O2. The third-order valence-electron chi connectivity index (χ3n) is 5.62. The van der Waals surface area contributed by atoms with Crippen molar-refractivity contribution in [3.05, 3.63) is 29.1 Å². The molecule has 2 fully saturated rings. The van der Waals surface area contributed by atoms with Crippen molar-refractivity contribution in [2.75, 3.05) is 19.7 Å². The Morgan fingerprint density at radius 3 is 2.64 bits per heavy atom. The van der Waals surface area contributed by atoms with Gasteiger partial charge >= 0.3 is 6.18 Å². The lowest BCUT2D eigenvalue weighted by atomic mass is 9.95. The number of hydrogen-bond acceptors (Lipinski definition) is 5. The third-order valence-corrected chi connectivity index (χ3v) is 5.62. The molecule has 3 atom stereocenters. The Kier molecular flexibility index (Phi) is 5.19. The summed E-state index contributed by atoms with van der Waals surface area (Å²) in [6, 6.07) is 2.02. The summed E-state index contributed by atoms with van der Waals surface area (Å²) in [5.74, 6) is -3.64. The second kappa shape index (κ2) is 7.49. The zero-order valence-corrected chi connectivity index (χ0v) is 15.1. The number of amides is 1. The predicted molar refractivity (Wildman–Crippen MR) is 91.6 cm³/mol. The highest BCUT2D eigenvalue weighted by Crippen LogP contribution is 2.37. The van der Waals surface area contributed by atoms with Crippen LogP contribution in [0.15, 0.2) is 12.1 Å². The maximum Gasteiger partial charge on any atom is 0.402 e. The van der Waals surface area contributed by atoms with Gasteiger partial charge in [-0.15, -0.1) is 0 Å². The minimum Gasteiger partial charge on any atom is -0.489 e. The number of ether oxygens (including phenoxy) is 1. The van der Waals surface area contributed by atoms with Gasteiger partial charge in [-0.25, -0.2) is 9.82 Å². The van der Waals surface area contributed by atoms with Crippen LogP contribution in [0.4, 0.5) is 17.6 Å². The van der Waals surface area contributed by atoms with Crippen molar-refractivity contribution in [1.29, 1.82) is 0 Å². The molecule has 4 rings (SSSR count). The molecular weight excluding hydrogens is 380 g/mol. The average Bonchev–Trinajstić information content (AvgIpc) is 3.27. The molecule has 3 aliphatic heterocycles. The van der Waals surface area contributed by atoms with Crippen LogP contribution < -0.4 is 20.9 Å². The normalized spacial score (nSPS) is 28.3. The van der Waals surface area contributed by atoms with E-state index in [1.165, 1.54) is 6.07 Å². The van der Waals surface area contributed by atoms with Crippen LogP contribution in [-0.4, -0.2) is 48.8 Å². The molecule has 3 heterocycles. The van der Waals surface area contributed by atoms with E-state index in [1.54, 1.807) is 11.0 Å². The number of benzene rings is 1. The monoisotopic (exact) mass is 402 g/mol. The molecule has 0 saturated carbocycles. The van der Waals surface area contributed by atoms with E-state index in [0.29, 0.717) is 12.2 Å². The van der Waals surface area contributed by atoms with Gasteiger partial charge in [-0.2, -0.15) is 13.2 Å². The van der Waals surface area contributed by atoms with Crippen molar-refractivity contribution in [2.45, 2.75) is 44.2 Å². The van der Waals surface area contributed by atoms with Gasteiger partial charge in [0.05, 0.1) is 0 Å². The molecule has 2 saturated heterocycles. The van der Waals surface area contributed by atoms with Crippen molar-refractivity contribution in [1.82, 2.24) is 21.1 Å². The summed E-state index contributed by atoms with van der Waals surface area (Å²) in [6.45, 7) is 1.59. The van der Waals surface area contributed by atoms with Gasteiger partial charge in [-0.3, -0.25) is 15.1 Å². The third kappa shape index (κ3) is 3.81. The van der Waals surface area contributed by atoms with E-state index in [0.717, 1.165) is 24.9 Å². The van der Waals surface area contributed by atoms with Crippen LogP contribution in [0, 0.1) is 11.7 Å². The first-order valence-electron chi connectivity index (χ1n) is 9.34. The number of fused-ring (bicyclic) bond motifs is 1. The Hall–Kier alpha value is -1.91. The first-order valence-corrected chi connectivity index (χ1v) is 9.34. The van der Waals surface area contributed by atoms with E-state index in [-0.39, 0.29) is 31.4 Å². The lowest BCUT2D eigenvalue weighted by molar-refractivity contribution is -0.201. The zero-order valence-electron chi connectivity index (χ0n) is 15.1. The molecule has 1 amide bonds. The minimum atomic E-state index is -4.65. The van der Waals surface area contributed by atoms with Crippen molar-refractivity contribution >= 4 is 5.91 Å². The maximum atomic E-state index is 14.4. The zero-order chi connectivity index (χ0) is 19.9. The molecule has 1 aromatic rings. The molecule has 6 nitrogen and oxygen atoms in total. The molecule has 0 aromatic heterocycles. The lowest BCUT2D eigenvalue weighted by Crippen LogP contribution is -2.63. The van der Waals surface area contributed by atoms with Crippen LogP contribution in [0.3, 0.4) is 0 Å². The summed E-state index contributed by atoms with van der Waals surface area (Å²) in [4.78, 5) is 13.4. The van der Waals surface area contributed by atoms with Crippen LogP contribution in [0.2, 0.25) is 0 Å². The Labute approximate surface area is 159 Å². The Morgan fingerprint density at radius 2 is 1.96 bits per heavy atom. The van der Waals surface area contributed by atoms with Crippen molar-refractivity contribution in [3.63, 3.8) is 0 Å².